The zero-order valence-electron chi connectivity index (χ0n) is 16.1. The van der Waals surface area contributed by atoms with Crippen molar-refractivity contribution < 1.29 is 14.3 Å². The predicted octanol–water partition coefficient (Wildman–Crippen LogP) is 2.60. The van der Waals surface area contributed by atoms with Gasteiger partial charge in [0.1, 0.15) is 6.04 Å². The third-order valence-electron chi connectivity index (χ3n) is 4.31. The van der Waals surface area contributed by atoms with Gasteiger partial charge in [-0.15, -0.1) is 0 Å². The molecule has 0 aliphatic heterocycles. The SMILES string of the molecule is COCCNC(=O)[C@@H](NC(=O)c1ccc2nc(-n3cccc3)sc2c1)C(C)C. The maximum absolute atomic E-state index is 12.7. The Balaban J connectivity index is 1.75. The smallest absolute Gasteiger partial charge is 0.251 e. The zero-order chi connectivity index (χ0) is 20.1. The van der Waals surface area contributed by atoms with Gasteiger partial charge >= 0.3 is 0 Å². The van der Waals surface area contributed by atoms with Gasteiger partial charge in [-0.3, -0.25) is 9.59 Å². The molecule has 2 aromatic heterocycles. The van der Waals surface area contributed by atoms with Gasteiger partial charge in [-0.1, -0.05) is 25.2 Å². The monoisotopic (exact) mass is 400 g/mol. The van der Waals surface area contributed by atoms with Gasteiger partial charge in [0.15, 0.2) is 5.13 Å². The van der Waals surface area contributed by atoms with Gasteiger partial charge < -0.3 is 19.9 Å². The van der Waals surface area contributed by atoms with Crippen LogP contribution in [0.5, 0.6) is 0 Å². The number of methoxy groups -OCH3 is 1. The molecule has 0 bridgehead atoms. The normalized spacial score (nSPS) is 12.3. The molecule has 0 saturated carbocycles. The molecule has 2 amide bonds. The molecule has 0 unspecified atom stereocenters. The number of rotatable bonds is 8. The average Bonchev–Trinajstić information content (AvgIpc) is 3.34. The number of hydrogen-bond acceptors (Lipinski definition) is 5. The highest BCUT2D eigenvalue weighted by Crippen LogP contribution is 2.26. The molecule has 28 heavy (non-hydrogen) atoms. The second kappa shape index (κ2) is 8.99. The van der Waals surface area contributed by atoms with Gasteiger partial charge in [0.05, 0.1) is 16.8 Å². The fourth-order valence-electron chi connectivity index (χ4n) is 2.77. The molecule has 148 valence electrons. The minimum Gasteiger partial charge on any atom is -0.383 e. The van der Waals surface area contributed by atoms with E-state index in [1.54, 1.807) is 13.2 Å². The third-order valence-corrected chi connectivity index (χ3v) is 5.34. The largest absolute Gasteiger partial charge is 0.383 e. The number of carbonyl (C=O) groups is 2. The molecule has 0 fully saturated rings. The summed E-state index contributed by atoms with van der Waals surface area (Å²) in [5.74, 6) is -0.536. The van der Waals surface area contributed by atoms with Gasteiger partial charge in [-0.05, 0) is 36.2 Å². The summed E-state index contributed by atoms with van der Waals surface area (Å²) in [6.45, 7) is 4.63. The lowest BCUT2D eigenvalue weighted by molar-refractivity contribution is -0.124. The molecule has 3 aromatic rings. The minimum atomic E-state index is -0.614. The molecule has 1 aromatic carbocycles. The Morgan fingerprint density at radius 3 is 2.68 bits per heavy atom. The third kappa shape index (κ3) is 4.58. The lowest BCUT2D eigenvalue weighted by Crippen LogP contribution is -2.50. The number of fused-ring (bicyclic) bond motifs is 1. The molecule has 8 heteroatoms. The summed E-state index contributed by atoms with van der Waals surface area (Å²) < 4.78 is 7.80. The van der Waals surface area contributed by atoms with E-state index in [0.717, 1.165) is 15.3 Å². The summed E-state index contributed by atoms with van der Waals surface area (Å²) in [6, 6.07) is 8.64. The van der Waals surface area contributed by atoms with Crippen molar-refractivity contribution in [3.05, 3.63) is 48.3 Å². The van der Waals surface area contributed by atoms with Gasteiger partial charge in [0, 0.05) is 31.6 Å². The van der Waals surface area contributed by atoms with E-state index in [9.17, 15) is 9.59 Å². The second-order valence-electron chi connectivity index (χ2n) is 6.75. The van der Waals surface area contributed by atoms with Crippen LogP contribution < -0.4 is 10.6 Å². The van der Waals surface area contributed by atoms with Gasteiger partial charge in [0.2, 0.25) is 5.91 Å². The summed E-state index contributed by atoms with van der Waals surface area (Å²) in [6.07, 6.45) is 3.86. The van der Waals surface area contributed by atoms with Crippen LogP contribution in [-0.2, 0) is 9.53 Å². The Labute approximate surface area is 167 Å². The Morgan fingerprint density at radius 2 is 2.00 bits per heavy atom. The Hall–Kier alpha value is -2.71. The average molecular weight is 401 g/mol. The fourth-order valence-corrected chi connectivity index (χ4v) is 3.74. The van der Waals surface area contributed by atoms with E-state index < -0.39 is 6.04 Å². The Morgan fingerprint density at radius 1 is 1.25 bits per heavy atom. The maximum atomic E-state index is 12.7. The predicted molar refractivity (Wildman–Crippen MR) is 110 cm³/mol. The van der Waals surface area contributed by atoms with Crippen LogP contribution in [0.3, 0.4) is 0 Å². The van der Waals surface area contributed by atoms with Crippen molar-refractivity contribution >= 4 is 33.4 Å². The highest BCUT2D eigenvalue weighted by atomic mass is 32.1. The minimum absolute atomic E-state index is 0.0426. The van der Waals surface area contributed by atoms with Crippen molar-refractivity contribution in [1.29, 1.82) is 0 Å². The molecule has 7 nitrogen and oxygen atoms in total. The van der Waals surface area contributed by atoms with E-state index in [-0.39, 0.29) is 17.7 Å². The number of thiazole rings is 1. The Kier molecular flexibility index (Phi) is 6.43. The van der Waals surface area contributed by atoms with Crippen LogP contribution in [0, 0.1) is 5.92 Å². The van der Waals surface area contributed by atoms with Crippen LogP contribution in [-0.4, -0.2) is 47.7 Å². The van der Waals surface area contributed by atoms with Crippen molar-refractivity contribution in [1.82, 2.24) is 20.2 Å². The molecule has 0 spiro atoms. The van der Waals surface area contributed by atoms with Crippen LogP contribution in [0.4, 0.5) is 0 Å². The van der Waals surface area contributed by atoms with E-state index in [2.05, 4.69) is 15.6 Å². The fraction of sp³-hybridized carbons (Fsp3) is 0.350. The van der Waals surface area contributed by atoms with E-state index in [1.807, 2.05) is 55.1 Å². The number of hydrogen-bond donors (Lipinski definition) is 2. The van der Waals surface area contributed by atoms with Crippen LogP contribution in [0.25, 0.3) is 15.3 Å². The van der Waals surface area contributed by atoms with E-state index in [0.29, 0.717) is 18.7 Å². The van der Waals surface area contributed by atoms with Crippen molar-refractivity contribution in [3.63, 3.8) is 0 Å². The van der Waals surface area contributed by atoms with E-state index in [1.165, 1.54) is 11.3 Å². The first-order chi connectivity index (χ1) is 13.5. The van der Waals surface area contributed by atoms with E-state index in [4.69, 9.17) is 4.74 Å². The summed E-state index contributed by atoms with van der Waals surface area (Å²) in [4.78, 5) is 29.7. The molecular formula is C20H24N4O3S. The molecule has 1 atom stereocenters. The molecule has 0 saturated heterocycles. The molecule has 0 aliphatic rings. The number of benzene rings is 1. The lowest BCUT2D eigenvalue weighted by Gasteiger charge is -2.21. The number of nitrogens with one attached hydrogen (secondary N) is 2. The zero-order valence-corrected chi connectivity index (χ0v) is 17.0. The molecular weight excluding hydrogens is 376 g/mol. The number of nitrogens with zero attached hydrogens (tertiary/aromatic N) is 2. The quantitative estimate of drug-likeness (QED) is 0.569. The first kappa shape index (κ1) is 20.0. The van der Waals surface area contributed by atoms with Crippen LogP contribution in [0.1, 0.15) is 24.2 Å². The van der Waals surface area contributed by atoms with Crippen molar-refractivity contribution in [2.24, 2.45) is 5.92 Å². The second-order valence-corrected chi connectivity index (χ2v) is 7.76. The number of carbonyl (C=O) groups excluding carboxylic acids is 2. The highest BCUT2D eigenvalue weighted by molar-refractivity contribution is 7.20. The van der Waals surface area contributed by atoms with Gasteiger partial charge in [-0.25, -0.2) is 4.98 Å². The summed E-state index contributed by atoms with van der Waals surface area (Å²) >= 11 is 1.51. The number of aromatic nitrogens is 2. The Bertz CT molecular complexity index is 950. The molecule has 2 heterocycles. The van der Waals surface area contributed by atoms with Crippen LogP contribution in [0.2, 0.25) is 0 Å². The molecule has 0 radical (unpaired) electrons. The standard InChI is InChI=1S/C20H24N4O3S/c1-13(2)17(19(26)21-8-11-27-3)23-18(25)14-6-7-15-16(12-14)28-20(22-15)24-9-4-5-10-24/h4-7,9-10,12-13,17H,8,11H2,1-3H3,(H,21,26)(H,23,25)/t17-/m0/s1. The summed E-state index contributed by atoms with van der Waals surface area (Å²) in [7, 11) is 1.57. The maximum Gasteiger partial charge on any atom is 0.251 e. The van der Waals surface area contributed by atoms with Crippen LogP contribution in [0.15, 0.2) is 42.7 Å². The van der Waals surface area contributed by atoms with Gasteiger partial charge in [-0.2, -0.15) is 0 Å². The topological polar surface area (TPSA) is 85.2 Å². The summed E-state index contributed by atoms with van der Waals surface area (Å²) in [5, 5.41) is 6.47. The molecule has 2 N–H and O–H groups in total. The molecule has 3 rings (SSSR count). The lowest BCUT2D eigenvalue weighted by atomic mass is 10.0. The number of amides is 2. The van der Waals surface area contributed by atoms with Crippen molar-refractivity contribution in [2.75, 3.05) is 20.3 Å². The van der Waals surface area contributed by atoms with Crippen molar-refractivity contribution in [3.8, 4) is 5.13 Å². The first-order valence-corrected chi connectivity index (χ1v) is 9.92. The first-order valence-electron chi connectivity index (χ1n) is 9.11. The van der Waals surface area contributed by atoms with Gasteiger partial charge in [0.25, 0.3) is 5.91 Å². The van der Waals surface area contributed by atoms with Crippen LogP contribution >= 0.6 is 11.3 Å². The summed E-state index contributed by atoms with van der Waals surface area (Å²) in [5.41, 5.74) is 1.34. The van der Waals surface area contributed by atoms with E-state index >= 15 is 0 Å². The van der Waals surface area contributed by atoms with Crippen molar-refractivity contribution in [2.45, 2.75) is 19.9 Å². The molecule has 0 aliphatic carbocycles. The number of ether oxygens (including phenoxy) is 1. The highest BCUT2D eigenvalue weighted by Gasteiger charge is 2.24.